The molecule has 0 aliphatic carbocycles. The van der Waals surface area contributed by atoms with E-state index >= 15 is 0 Å². The van der Waals surface area contributed by atoms with E-state index in [9.17, 15) is 0 Å². The van der Waals surface area contributed by atoms with Crippen LogP contribution in [0.25, 0.3) is 6.20 Å². The van der Waals surface area contributed by atoms with Crippen LogP contribution in [0.2, 0.25) is 0 Å². The van der Waals surface area contributed by atoms with Crippen LogP contribution in [0.3, 0.4) is 0 Å². The van der Waals surface area contributed by atoms with Gasteiger partial charge in [0.15, 0.2) is 5.49 Å². The van der Waals surface area contributed by atoms with Crippen LogP contribution in [0.5, 0.6) is 0 Å². The van der Waals surface area contributed by atoms with Gasteiger partial charge in [0.25, 0.3) is 0 Å². The van der Waals surface area contributed by atoms with Gasteiger partial charge in [-0.05, 0) is 0 Å². The zero-order valence-corrected chi connectivity index (χ0v) is 5.28. The van der Waals surface area contributed by atoms with Gasteiger partial charge in [-0.25, -0.2) is 4.98 Å². The van der Waals surface area contributed by atoms with E-state index in [1.54, 1.807) is 18.7 Å². The van der Waals surface area contributed by atoms with Crippen molar-refractivity contribution in [1.29, 1.82) is 0 Å². The van der Waals surface area contributed by atoms with Gasteiger partial charge in [-0.1, -0.05) is 0 Å². The first kappa shape index (κ1) is 5.34. The van der Waals surface area contributed by atoms with Crippen molar-refractivity contribution in [3.8, 4) is 0 Å². The Bertz CT molecular complexity index is 359. The average molecular weight is 134 g/mol. The Morgan fingerprint density at radius 3 is 3.50 bits per heavy atom. The second-order valence-electron chi connectivity index (χ2n) is 1.94. The Morgan fingerprint density at radius 2 is 2.50 bits per heavy atom. The fourth-order valence-electron chi connectivity index (χ4n) is 0.820. The minimum absolute atomic E-state index is 0.619. The highest BCUT2D eigenvalue weighted by atomic mass is 15.0. The first-order valence-electron chi connectivity index (χ1n) is 3.02. The van der Waals surface area contributed by atoms with Gasteiger partial charge in [-0.15, -0.1) is 0 Å². The van der Waals surface area contributed by atoms with Gasteiger partial charge in [0, 0.05) is 6.21 Å². The Kier molecular flexibility index (Phi) is 1.10. The lowest BCUT2D eigenvalue weighted by atomic mass is 10.7. The second-order valence-corrected chi connectivity index (χ2v) is 1.94. The van der Waals surface area contributed by atoms with E-state index in [0.29, 0.717) is 6.54 Å². The van der Waals surface area contributed by atoms with Crippen LogP contribution in [-0.2, 0) is 0 Å². The third kappa shape index (κ3) is 0.737. The molecular weight excluding hydrogens is 128 g/mol. The van der Waals surface area contributed by atoms with E-state index in [-0.39, 0.29) is 0 Å². The van der Waals surface area contributed by atoms with E-state index in [1.807, 2.05) is 0 Å². The number of hydrogen-bond donors (Lipinski definition) is 1. The molecule has 0 spiro atoms. The molecule has 4 heteroatoms. The number of hydrogen-bond acceptors (Lipinski definition) is 3. The summed E-state index contributed by atoms with van der Waals surface area (Å²) in [6.07, 6.45) is 5.08. The summed E-state index contributed by atoms with van der Waals surface area (Å²) >= 11 is 0. The van der Waals surface area contributed by atoms with Crippen molar-refractivity contribution < 1.29 is 0 Å². The average Bonchev–Trinajstić information content (AvgIpc) is 2.28. The lowest BCUT2D eigenvalue weighted by Crippen LogP contribution is -2.24. The van der Waals surface area contributed by atoms with Crippen molar-refractivity contribution in [3.63, 3.8) is 0 Å². The quantitative estimate of drug-likeness (QED) is 0.478. The fraction of sp³-hybridized carbons (Fsp3) is 0.167. The number of rotatable bonds is 0. The summed E-state index contributed by atoms with van der Waals surface area (Å²) in [6, 6.07) is 0. The standard InChI is InChI=1S/C6H6N4/c1-2-8-6-5(3-7-1)9-4-10-6/h1,3-4H,2H2,(H,8,9,10). The highest BCUT2D eigenvalue weighted by molar-refractivity contribution is 5.63. The molecule has 0 saturated carbocycles. The minimum atomic E-state index is 0.619. The van der Waals surface area contributed by atoms with E-state index < -0.39 is 0 Å². The number of nitrogens with one attached hydrogen (secondary N) is 1. The van der Waals surface area contributed by atoms with Crippen LogP contribution in [0.15, 0.2) is 16.3 Å². The van der Waals surface area contributed by atoms with Crippen LogP contribution in [0.4, 0.5) is 0 Å². The van der Waals surface area contributed by atoms with Crippen molar-refractivity contribution in [2.24, 2.45) is 9.98 Å². The number of fused-ring (bicyclic) bond motifs is 1. The minimum Gasteiger partial charge on any atom is -0.342 e. The molecule has 1 aliphatic heterocycles. The number of nitrogens with zero attached hydrogens (tertiary/aromatic N) is 3. The maximum atomic E-state index is 4.12. The van der Waals surface area contributed by atoms with E-state index in [1.165, 1.54) is 0 Å². The van der Waals surface area contributed by atoms with E-state index in [2.05, 4.69) is 20.0 Å². The monoisotopic (exact) mass is 134 g/mol. The van der Waals surface area contributed by atoms with Gasteiger partial charge in [-0.2, -0.15) is 0 Å². The van der Waals surface area contributed by atoms with Crippen LogP contribution >= 0.6 is 0 Å². The van der Waals surface area contributed by atoms with Gasteiger partial charge >= 0.3 is 0 Å². The van der Waals surface area contributed by atoms with Gasteiger partial charge < -0.3 is 4.98 Å². The van der Waals surface area contributed by atoms with Gasteiger partial charge in [0.1, 0.15) is 5.35 Å². The molecule has 0 atom stereocenters. The summed E-state index contributed by atoms with van der Waals surface area (Å²) in [5, 5.41) is 0.883. The van der Waals surface area contributed by atoms with Crippen molar-refractivity contribution in [3.05, 3.63) is 17.2 Å². The summed E-state index contributed by atoms with van der Waals surface area (Å²) in [4.78, 5) is 15.0. The molecule has 4 nitrogen and oxygen atoms in total. The highest BCUT2D eigenvalue weighted by Gasteiger charge is 1.89. The number of H-pyrrole nitrogens is 1. The largest absolute Gasteiger partial charge is 0.342 e. The number of aromatic nitrogens is 2. The number of imidazole rings is 1. The molecule has 0 radical (unpaired) electrons. The van der Waals surface area contributed by atoms with Gasteiger partial charge in [0.05, 0.1) is 19.1 Å². The Labute approximate surface area is 57.1 Å². The summed E-state index contributed by atoms with van der Waals surface area (Å²) in [6.45, 7) is 0.619. The van der Waals surface area contributed by atoms with E-state index in [4.69, 9.17) is 0 Å². The smallest absolute Gasteiger partial charge is 0.174 e. The Hall–Kier alpha value is -1.45. The van der Waals surface area contributed by atoms with Crippen molar-refractivity contribution in [2.75, 3.05) is 6.54 Å². The predicted octanol–water partition coefficient (Wildman–Crippen LogP) is -1.15. The summed E-state index contributed by atoms with van der Waals surface area (Å²) < 4.78 is 0. The van der Waals surface area contributed by atoms with Crippen LogP contribution in [0.1, 0.15) is 0 Å². The van der Waals surface area contributed by atoms with Crippen LogP contribution in [0, 0.1) is 0 Å². The summed E-state index contributed by atoms with van der Waals surface area (Å²) in [5.41, 5.74) is 0.748. The lowest BCUT2D eigenvalue weighted by molar-refractivity contribution is 1.11. The second kappa shape index (κ2) is 2.06. The maximum Gasteiger partial charge on any atom is 0.174 e. The topological polar surface area (TPSA) is 53.4 Å². The molecule has 50 valence electrons. The molecular formula is C6H6N4. The Morgan fingerprint density at radius 1 is 1.50 bits per heavy atom. The van der Waals surface area contributed by atoms with Crippen molar-refractivity contribution in [1.82, 2.24) is 9.97 Å². The normalized spacial score (nSPS) is 14.8. The van der Waals surface area contributed by atoms with Crippen molar-refractivity contribution >= 4 is 12.4 Å². The Balaban J connectivity index is 2.82. The van der Waals surface area contributed by atoms with Crippen LogP contribution < -0.4 is 10.8 Å². The molecule has 0 bridgehead atoms. The zero-order valence-electron chi connectivity index (χ0n) is 5.28. The molecule has 1 aromatic rings. The predicted molar refractivity (Wildman–Crippen MR) is 37.2 cm³/mol. The van der Waals surface area contributed by atoms with Gasteiger partial charge in [-0.3, -0.25) is 9.98 Å². The molecule has 0 saturated heterocycles. The van der Waals surface area contributed by atoms with Gasteiger partial charge in [0.2, 0.25) is 0 Å². The SMILES string of the molecule is C1=NC=c2[nH]cnc2=NC1. The molecule has 2 rings (SSSR count). The molecule has 0 amide bonds. The summed E-state index contributed by atoms with van der Waals surface area (Å²) in [5.74, 6) is 0. The van der Waals surface area contributed by atoms with Crippen LogP contribution in [-0.4, -0.2) is 22.7 Å². The molecule has 2 heterocycles. The fourth-order valence-corrected chi connectivity index (χ4v) is 0.820. The third-order valence-corrected chi connectivity index (χ3v) is 1.28. The summed E-state index contributed by atoms with van der Waals surface area (Å²) in [7, 11) is 0. The van der Waals surface area contributed by atoms with E-state index in [0.717, 1.165) is 10.8 Å². The first-order chi connectivity index (χ1) is 4.97. The molecule has 1 aromatic heterocycles. The third-order valence-electron chi connectivity index (χ3n) is 1.28. The first-order valence-corrected chi connectivity index (χ1v) is 3.02. The molecule has 0 fully saturated rings. The number of aromatic amines is 1. The lowest BCUT2D eigenvalue weighted by Gasteiger charge is -1.72. The zero-order chi connectivity index (χ0) is 6.81. The molecule has 0 unspecified atom stereocenters. The molecule has 1 N–H and O–H groups in total. The molecule has 1 aliphatic rings. The highest BCUT2D eigenvalue weighted by Crippen LogP contribution is 1.71. The molecule has 0 aromatic carbocycles. The number of aliphatic imine (C=N–C) groups is 1. The molecule has 10 heavy (non-hydrogen) atoms. The maximum absolute atomic E-state index is 4.12. The van der Waals surface area contributed by atoms with Crippen molar-refractivity contribution in [2.45, 2.75) is 0 Å².